The Balaban J connectivity index is 1.90. The molecule has 3 aromatic carbocycles. The summed E-state index contributed by atoms with van der Waals surface area (Å²) in [7, 11) is 3.26. The fraction of sp³-hybridized carbons (Fsp3) is 0.190. The van der Waals surface area contributed by atoms with Crippen LogP contribution >= 0.6 is 15.9 Å². The predicted octanol–water partition coefficient (Wildman–Crippen LogP) is 4.81. The molecule has 3 rings (SSSR count). The first-order chi connectivity index (χ1) is 12.6. The standard InChI is InChI=1S/C21H20BrNO3/c1-23-16-9-10-17-15(13-16)8-11-18(20(17)22)26-19(21(24)25-2)12-14-6-4-3-5-7-14/h3-11,13,19,23H,12H2,1-2H3. The molecule has 0 saturated carbocycles. The molecular weight excluding hydrogens is 394 g/mol. The van der Waals surface area contributed by atoms with Gasteiger partial charge in [0.15, 0.2) is 6.10 Å². The Labute approximate surface area is 161 Å². The van der Waals surface area contributed by atoms with Gasteiger partial charge < -0.3 is 14.8 Å². The lowest BCUT2D eigenvalue weighted by molar-refractivity contribution is -0.148. The van der Waals surface area contributed by atoms with E-state index in [4.69, 9.17) is 9.47 Å². The summed E-state index contributed by atoms with van der Waals surface area (Å²) in [4.78, 5) is 12.2. The SMILES string of the molecule is CNc1ccc2c(Br)c(OC(Cc3ccccc3)C(=O)OC)ccc2c1. The number of carbonyl (C=O) groups excluding carboxylic acids is 1. The van der Waals surface area contributed by atoms with Crippen LogP contribution in [0.1, 0.15) is 5.56 Å². The zero-order chi connectivity index (χ0) is 18.5. The van der Waals surface area contributed by atoms with Crippen molar-refractivity contribution in [1.29, 1.82) is 0 Å². The van der Waals surface area contributed by atoms with Gasteiger partial charge in [-0.3, -0.25) is 0 Å². The Morgan fingerprint density at radius 1 is 1.12 bits per heavy atom. The Kier molecular flexibility index (Phi) is 5.78. The molecule has 1 unspecified atom stereocenters. The summed E-state index contributed by atoms with van der Waals surface area (Å²) < 4.78 is 11.8. The molecule has 0 heterocycles. The summed E-state index contributed by atoms with van der Waals surface area (Å²) in [5, 5.41) is 5.22. The first kappa shape index (κ1) is 18.3. The van der Waals surface area contributed by atoms with Crippen LogP contribution in [-0.4, -0.2) is 26.2 Å². The lowest BCUT2D eigenvalue weighted by atomic mass is 10.1. The summed E-state index contributed by atoms with van der Waals surface area (Å²) in [6, 6.07) is 19.7. The van der Waals surface area contributed by atoms with Gasteiger partial charge in [-0.25, -0.2) is 4.79 Å². The van der Waals surface area contributed by atoms with Gasteiger partial charge in [-0.15, -0.1) is 0 Å². The number of benzene rings is 3. The average molecular weight is 414 g/mol. The van der Waals surface area contributed by atoms with E-state index in [1.54, 1.807) is 0 Å². The first-order valence-electron chi connectivity index (χ1n) is 8.31. The molecule has 0 aliphatic heterocycles. The maximum atomic E-state index is 12.2. The highest BCUT2D eigenvalue weighted by molar-refractivity contribution is 9.10. The van der Waals surface area contributed by atoms with Gasteiger partial charge in [0.1, 0.15) is 5.75 Å². The third kappa shape index (κ3) is 3.99. The predicted molar refractivity (Wildman–Crippen MR) is 108 cm³/mol. The van der Waals surface area contributed by atoms with Crippen molar-refractivity contribution < 1.29 is 14.3 Å². The smallest absolute Gasteiger partial charge is 0.347 e. The van der Waals surface area contributed by atoms with E-state index in [0.717, 1.165) is 26.5 Å². The van der Waals surface area contributed by atoms with E-state index in [9.17, 15) is 4.79 Å². The number of rotatable bonds is 6. The summed E-state index contributed by atoms with van der Waals surface area (Å²) in [5.74, 6) is 0.215. The molecule has 0 aliphatic carbocycles. The summed E-state index contributed by atoms with van der Waals surface area (Å²) >= 11 is 3.62. The van der Waals surface area contributed by atoms with Crippen molar-refractivity contribution in [2.24, 2.45) is 0 Å². The van der Waals surface area contributed by atoms with Gasteiger partial charge in [0.25, 0.3) is 0 Å². The molecule has 26 heavy (non-hydrogen) atoms. The maximum absolute atomic E-state index is 12.2. The second-order valence-corrected chi connectivity index (χ2v) is 6.68. The largest absolute Gasteiger partial charge is 0.477 e. The quantitative estimate of drug-likeness (QED) is 0.589. The number of methoxy groups -OCH3 is 1. The van der Waals surface area contributed by atoms with Crippen molar-refractivity contribution in [3.05, 3.63) is 70.7 Å². The highest BCUT2D eigenvalue weighted by Gasteiger charge is 2.23. The lowest BCUT2D eigenvalue weighted by Gasteiger charge is -2.19. The van der Waals surface area contributed by atoms with E-state index in [1.165, 1.54) is 7.11 Å². The minimum absolute atomic E-state index is 0.397. The maximum Gasteiger partial charge on any atom is 0.347 e. The molecule has 0 amide bonds. The number of hydrogen-bond acceptors (Lipinski definition) is 4. The highest BCUT2D eigenvalue weighted by atomic mass is 79.9. The van der Waals surface area contributed by atoms with Gasteiger partial charge in [0.05, 0.1) is 11.6 Å². The van der Waals surface area contributed by atoms with Crippen LogP contribution in [0, 0.1) is 0 Å². The number of nitrogens with one attached hydrogen (secondary N) is 1. The molecule has 0 spiro atoms. The van der Waals surface area contributed by atoms with E-state index < -0.39 is 12.1 Å². The van der Waals surface area contributed by atoms with E-state index in [-0.39, 0.29) is 0 Å². The molecule has 4 nitrogen and oxygen atoms in total. The minimum Gasteiger partial charge on any atom is -0.477 e. The summed E-state index contributed by atoms with van der Waals surface area (Å²) in [6.07, 6.45) is -0.274. The minimum atomic E-state index is -0.715. The fourth-order valence-corrected chi connectivity index (χ4v) is 3.39. The zero-order valence-corrected chi connectivity index (χ0v) is 16.2. The molecule has 5 heteroatoms. The van der Waals surface area contributed by atoms with Crippen LogP contribution in [0.15, 0.2) is 65.1 Å². The molecule has 134 valence electrons. The molecule has 3 aromatic rings. The van der Waals surface area contributed by atoms with Crippen LogP contribution in [0.3, 0.4) is 0 Å². The molecule has 0 bridgehead atoms. The molecule has 0 aliphatic rings. The normalized spacial score (nSPS) is 11.8. The van der Waals surface area contributed by atoms with Gasteiger partial charge in [0, 0.05) is 19.2 Å². The molecule has 0 aromatic heterocycles. The van der Waals surface area contributed by atoms with Crippen LogP contribution < -0.4 is 10.1 Å². The Hall–Kier alpha value is -2.53. The van der Waals surface area contributed by atoms with Crippen LogP contribution in [0.5, 0.6) is 5.75 Å². The summed E-state index contributed by atoms with van der Waals surface area (Å²) in [6.45, 7) is 0. The Morgan fingerprint density at radius 2 is 1.88 bits per heavy atom. The van der Waals surface area contributed by atoms with E-state index >= 15 is 0 Å². The van der Waals surface area contributed by atoms with Crippen molar-refractivity contribution >= 4 is 38.4 Å². The van der Waals surface area contributed by atoms with Crippen molar-refractivity contribution in [3.63, 3.8) is 0 Å². The molecular formula is C21H20BrNO3. The van der Waals surface area contributed by atoms with E-state index in [1.807, 2.05) is 61.6 Å². The number of ether oxygens (including phenoxy) is 2. The third-order valence-electron chi connectivity index (χ3n) is 4.20. The summed E-state index contributed by atoms with van der Waals surface area (Å²) in [5.41, 5.74) is 2.05. The number of hydrogen-bond donors (Lipinski definition) is 1. The number of esters is 1. The molecule has 1 atom stereocenters. The van der Waals surface area contributed by atoms with Crippen LogP contribution in [-0.2, 0) is 16.0 Å². The third-order valence-corrected chi connectivity index (χ3v) is 5.02. The zero-order valence-electron chi connectivity index (χ0n) is 14.7. The Morgan fingerprint density at radius 3 is 2.58 bits per heavy atom. The van der Waals surface area contributed by atoms with Crippen molar-refractivity contribution in [1.82, 2.24) is 0 Å². The van der Waals surface area contributed by atoms with Gasteiger partial charge in [-0.2, -0.15) is 0 Å². The fourth-order valence-electron chi connectivity index (χ4n) is 2.80. The molecule has 0 radical (unpaired) electrons. The first-order valence-corrected chi connectivity index (χ1v) is 9.10. The van der Waals surface area contributed by atoms with Gasteiger partial charge >= 0.3 is 5.97 Å². The number of fused-ring (bicyclic) bond motifs is 1. The lowest BCUT2D eigenvalue weighted by Crippen LogP contribution is -2.31. The van der Waals surface area contributed by atoms with Crippen LogP contribution in [0.2, 0.25) is 0 Å². The Bertz CT molecular complexity index is 912. The van der Waals surface area contributed by atoms with Gasteiger partial charge in [-0.1, -0.05) is 42.5 Å². The molecule has 0 fully saturated rings. The van der Waals surface area contributed by atoms with Crippen molar-refractivity contribution in [2.75, 3.05) is 19.5 Å². The van der Waals surface area contributed by atoms with Crippen molar-refractivity contribution in [2.45, 2.75) is 12.5 Å². The average Bonchev–Trinajstić information content (AvgIpc) is 2.69. The monoisotopic (exact) mass is 413 g/mol. The molecule has 1 N–H and O–H groups in total. The van der Waals surface area contributed by atoms with Crippen molar-refractivity contribution in [3.8, 4) is 5.75 Å². The van der Waals surface area contributed by atoms with Gasteiger partial charge in [-0.05, 0) is 50.5 Å². The van der Waals surface area contributed by atoms with Crippen LogP contribution in [0.25, 0.3) is 10.8 Å². The second kappa shape index (κ2) is 8.23. The van der Waals surface area contributed by atoms with E-state index in [0.29, 0.717) is 12.2 Å². The highest BCUT2D eigenvalue weighted by Crippen LogP contribution is 2.35. The number of anilines is 1. The number of halogens is 1. The van der Waals surface area contributed by atoms with Crippen LogP contribution in [0.4, 0.5) is 5.69 Å². The topological polar surface area (TPSA) is 47.6 Å². The number of carbonyl (C=O) groups is 1. The molecule has 0 saturated heterocycles. The van der Waals surface area contributed by atoms with E-state index in [2.05, 4.69) is 27.3 Å². The van der Waals surface area contributed by atoms with Gasteiger partial charge in [0.2, 0.25) is 0 Å². The second-order valence-electron chi connectivity index (χ2n) is 5.88.